The molecule has 0 aliphatic carbocycles. The Kier molecular flexibility index (Phi) is 7.19. The summed E-state index contributed by atoms with van der Waals surface area (Å²) in [6, 6.07) is 16.7. The van der Waals surface area contributed by atoms with Gasteiger partial charge in [-0.1, -0.05) is 55.1 Å². The summed E-state index contributed by atoms with van der Waals surface area (Å²) in [5, 5.41) is 21.6. The number of carbonyl (C=O) groups excluding carboxylic acids is 2. The fourth-order valence-corrected chi connectivity index (χ4v) is 1.22. The van der Waals surface area contributed by atoms with Crippen molar-refractivity contribution in [1.82, 2.24) is 0 Å². The van der Waals surface area contributed by atoms with Gasteiger partial charge >= 0.3 is 17.1 Å². The van der Waals surface area contributed by atoms with Gasteiger partial charge in [0.25, 0.3) is 0 Å². The van der Waals surface area contributed by atoms with Crippen LogP contribution in [-0.2, 0) is 26.7 Å². The molecular weight excluding hydrogens is 296 g/mol. The van der Waals surface area contributed by atoms with Gasteiger partial charge in [0.1, 0.15) is 0 Å². The van der Waals surface area contributed by atoms with E-state index in [1.165, 1.54) is 10.8 Å². The van der Waals surface area contributed by atoms with E-state index >= 15 is 0 Å². The van der Waals surface area contributed by atoms with Crippen molar-refractivity contribution < 1.29 is 36.9 Å². The number of rotatable bonds is 2. The molecule has 2 aromatic carbocycles. The van der Waals surface area contributed by atoms with E-state index in [1.54, 1.807) is 0 Å². The van der Waals surface area contributed by atoms with E-state index in [0.717, 1.165) is 0 Å². The van der Waals surface area contributed by atoms with Crippen molar-refractivity contribution in [2.24, 2.45) is 0 Å². The second-order valence-corrected chi connectivity index (χ2v) is 3.40. The van der Waals surface area contributed by atoms with E-state index in [1.807, 2.05) is 0 Å². The third kappa shape index (κ3) is 5.38. The summed E-state index contributed by atoms with van der Waals surface area (Å²) >= 11 is 0. The molecule has 0 saturated carbocycles. The van der Waals surface area contributed by atoms with Crippen LogP contribution in [0, 0.1) is 0 Å². The molecule has 2 rings (SSSR count). The number of carbonyl (C=O) groups is 2. The van der Waals surface area contributed by atoms with Crippen molar-refractivity contribution in [3.05, 3.63) is 60.7 Å². The minimum Gasteiger partial charge on any atom is -0.545 e. The maximum Gasteiger partial charge on any atom is 2.00 e. The number of aliphatic carboxylic acids is 2. The van der Waals surface area contributed by atoms with Crippen LogP contribution in [0.2, 0.25) is 0 Å². The average molecular weight is 306 g/mol. The summed E-state index contributed by atoms with van der Waals surface area (Å²) in [6.45, 7) is 2.63. The zero-order valence-electron chi connectivity index (χ0n) is 9.76. The van der Waals surface area contributed by atoms with Gasteiger partial charge in [0.2, 0.25) is 0 Å². The zero-order chi connectivity index (χ0) is 13.5. The Morgan fingerprint density at radius 2 is 1.05 bits per heavy atom. The van der Waals surface area contributed by atoms with Crippen LogP contribution in [-0.4, -0.2) is 11.9 Å². The van der Waals surface area contributed by atoms with Gasteiger partial charge < -0.3 is 19.8 Å². The quantitative estimate of drug-likeness (QED) is 0.335. The molecule has 5 heteroatoms. The number of hydrogen-bond donors (Lipinski definition) is 0. The number of carboxylic acids is 2. The number of carboxylic acid groups (broad SMARTS) is 2. The predicted molar refractivity (Wildman–Crippen MR) is 63.1 cm³/mol. The monoisotopic (exact) mass is 305 g/mol. The summed E-state index contributed by atoms with van der Waals surface area (Å²) < 4.78 is 0. The Hall–Kier alpha value is -2.10. The van der Waals surface area contributed by atoms with Crippen molar-refractivity contribution in [2.75, 3.05) is 0 Å². The molecule has 0 aliphatic heterocycles. The maximum atomic E-state index is 9.51. The smallest absolute Gasteiger partial charge is 0.545 e. The van der Waals surface area contributed by atoms with Crippen molar-refractivity contribution in [1.29, 1.82) is 0 Å². The molecule has 0 aliphatic rings. The number of fused-ring (bicyclic) bond motifs is 1. The van der Waals surface area contributed by atoms with Crippen LogP contribution in [0.1, 0.15) is 0 Å². The minimum absolute atomic E-state index is 0. The molecule has 0 amide bonds. The standard InChI is InChI=1S/C10H8.C4H4O4.Cu/c1-2-6-10-8-4-3-7-9(10)5-1;1-2(3(5)6)4(7)8;/h1-8H;1H2,(H,5,6)(H,7,8);/q;;+2/p-2. The van der Waals surface area contributed by atoms with Gasteiger partial charge in [-0.25, -0.2) is 0 Å². The van der Waals surface area contributed by atoms with Crippen LogP contribution in [0.25, 0.3) is 10.8 Å². The van der Waals surface area contributed by atoms with Crippen molar-refractivity contribution in [3.63, 3.8) is 0 Å². The van der Waals surface area contributed by atoms with E-state index in [2.05, 4.69) is 55.1 Å². The number of hydrogen-bond acceptors (Lipinski definition) is 4. The van der Waals surface area contributed by atoms with Crippen LogP contribution in [0.5, 0.6) is 0 Å². The fraction of sp³-hybridized carbons (Fsp3) is 0. The van der Waals surface area contributed by atoms with Gasteiger partial charge in [-0.05, 0) is 10.8 Å². The van der Waals surface area contributed by atoms with E-state index in [9.17, 15) is 19.8 Å². The topological polar surface area (TPSA) is 80.3 Å². The summed E-state index contributed by atoms with van der Waals surface area (Å²) in [5.41, 5.74) is -1.04. The maximum absolute atomic E-state index is 9.51. The van der Waals surface area contributed by atoms with Crippen molar-refractivity contribution in [2.45, 2.75) is 0 Å². The molecule has 0 unspecified atom stereocenters. The third-order valence-corrected chi connectivity index (χ3v) is 2.15. The predicted octanol–water partition coefficient (Wildman–Crippen LogP) is -0.120. The summed E-state index contributed by atoms with van der Waals surface area (Å²) in [6.07, 6.45) is 0. The Morgan fingerprint density at radius 3 is 1.21 bits per heavy atom. The average Bonchev–Trinajstić information content (AvgIpc) is 2.38. The molecular formula is C14H10CuO4. The number of benzene rings is 2. The Labute approximate surface area is 120 Å². The first-order valence-electron chi connectivity index (χ1n) is 5.07. The largest absolute Gasteiger partial charge is 2.00 e. The van der Waals surface area contributed by atoms with Crippen molar-refractivity contribution >= 4 is 22.7 Å². The first-order chi connectivity index (χ1) is 8.52. The first kappa shape index (κ1) is 16.9. The minimum atomic E-state index is -1.81. The second kappa shape index (κ2) is 8.08. The zero-order valence-corrected chi connectivity index (χ0v) is 10.7. The van der Waals surface area contributed by atoms with Gasteiger partial charge in [-0.15, -0.1) is 0 Å². The van der Waals surface area contributed by atoms with E-state index in [-0.39, 0.29) is 17.1 Å². The summed E-state index contributed by atoms with van der Waals surface area (Å²) in [5.74, 6) is -3.63. The Bertz CT molecular complexity index is 511. The van der Waals surface area contributed by atoms with Crippen LogP contribution >= 0.6 is 0 Å². The molecule has 0 N–H and O–H groups in total. The molecule has 19 heavy (non-hydrogen) atoms. The second-order valence-electron chi connectivity index (χ2n) is 3.40. The molecule has 0 saturated heterocycles. The molecule has 101 valence electrons. The van der Waals surface area contributed by atoms with E-state index in [4.69, 9.17) is 0 Å². The van der Waals surface area contributed by atoms with Crippen LogP contribution in [0.3, 0.4) is 0 Å². The third-order valence-electron chi connectivity index (χ3n) is 2.15. The molecule has 0 bridgehead atoms. The van der Waals surface area contributed by atoms with Gasteiger partial charge in [-0.3, -0.25) is 0 Å². The van der Waals surface area contributed by atoms with Crippen LogP contribution < -0.4 is 10.2 Å². The molecule has 2 aromatic rings. The van der Waals surface area contributed by atoms with E-state index < -0.39 is 17.5 Å². The SMILES string of the molecule is C=C(C(=O)[O-])C(=O)[O-].[Cu+2].c1ccc2ccccc2c1. The molecule has 0 fully saturated rings. The van der Waals surface area contributed by atoms with Crippen LogP contribution in [0.15, 0.2) is 60.7 Å². The fourth-order valence-electron chi connectivity index (χ4n) is 1.22. The van der Waals surface area contributed by atoms with E-state index in [0.29, 0.717) is 0 Å². The molecule has 0 aromatic heterocycles. The molecule has 0 atom stereocenters. The van der Waals surface area contributed by atoms with Crippen LogP contribution in [0.4, 0.5) is 0 Å². The van der Waals surface area contributed by atoms with Gasteiger partial charge in [-0.2, -0.15) is 0 Å². The Morgan fingerprint density at radius 1 is 0.789 bits per heavy atom. The molecule has 4 nitrogen and oxygen atoms in total. The first-order valence-corrected chi connectivity index (χ1v) is 5.07. The molecule has 1 radical (unpaired) electrons. The Balaban J connectivity index is 0.000000335. The normalized spacial score (nSPS) is 8.63. The van der Waals surface area contributed by atoms with Gasteiger partial charge in [0.05, 0.1) is 11.9 Å². The van der Waals surface area contributed by atoms with Crippen molar-refractivity contribution in [3.8, 4) is 0 Å². The van der Waals surface area contributed by atoms with Gasteiger partial charge in [0.15, 0.2) is 0 Å². The molecule has 0 spiro atoms. The van der Waals surface area contributed by atoms with Gasteiger partial charge in [0, 0.05) is 5.57 Å². The molecule has 0 heterocycles. The summed E-state index contributed by atoms with van der Waals surface area (Å²) in [4.78, 5) is 19.0. The summed E-state index contributed by atoms with van der Waals surface area (Å²) in [7, 11) is 0.